The summed E-state index contributed by atoms with van der Waals surface area (Å²) in [5, 5.41) is 3.35. The van der Waals surface area contributed by atoms with Gasteiger partial charge in [0.2, 0.25) is 12.7 Å². The maximum Gasteiger partial charge on any atom is 0.231 e. The van der Waals surface area contributed by atoms with Crippen LogP contribution in [-0.4, -0.2) is 26.3 Å². The monoisotopic (exact) mass is 359 g/mol. The second-order valence-electron chi connectivity index (χ2n) is 6.32. The molecule has 0 saturated carbocycles. The van der Waals surface area contributed by atoms with Gasteiger partial charge >= 0.3 is 0 Å². The number of nitrogens with one attached hydrogen (secondary N) is 1. The molecule has 1 N–H and O–H groups in total. The van der Waals surface area contributed by atoms with Crippen molar-refractivity contribution in [2.24, 2.45) is 0 Å². The van der Waals surface area contributed by atoms with Crippen molar-refractivity contribution in [2.45, 2.75) is 13.0 Å². The zero-order valence-electron chi connectivity index (χ0n) is 14.7. The molecule has 134 valence electrons. The van der Waals surface area contributed by atoms with Crippen LogP contribution in [0, 0.1) is 0 Å². The molecule has 0 radical (unpaired) electrons. The predicted octanol–water partition coefficient (Wildman–Crippen LogP) is 3.72. The van der Waals surface area contributed by atoms with Crippen molar-refractivity contribution in [1.29, 1.82) is 0 Å². The van der Waals surface area contributed by atoms with Gasteiger partial charge in [-0.05, 0) is 18.6 Å². The molecular weight excluding hydrogens is 342 g/mol. The lowest BCUT2D eigenvalue weighted by Gasteiger charge is -2.14. The van der Waals surface area contributed by atoms with Crippen molar-refractivity contribution in [3.05, 3.63) is 66.6 Å². The van der Waals surface area contributed by atoms with Gasteiger partial charge in [0.1, 0.15) is 12.1 Å². The number of nitrogens with zero attached hydrogens (tertiary/aromatic N) is 4. The number of hydrogen-bond acceptors (Lipinski definition) is 6. The fourth-order valence-corrected chi connectivity index (χ4v) is 3.15. The minimum atomic E-state index is 0.0924. The molecule has 0 spiro atoms. The van der Waals surface area contributed by atoms with Gasteiger partial charge in [-0.1, -0.05) is 30.3 Å². The predicted molar refractivity (Wildman–Crippen MR) is 101 cm³/mol. The number of anilines is 1. The molecule has 5 rings (SSSR count). The SMILES string of the molecule is C[C@H](Nc1nccc(-n2cnc3cc4c(cc32)OCO4)n1)c1ccccc1. The van der Waals surface area contributed by atoms with Gasteiger partial charge in [-0.3, -0.25) is 4.57 Å². The van der Waals surface area contributed by atoms with Gasteiger partial charge < -0.3 is 14.8 Å². The minimum absolute atomic E-state index is 0.0924. The molecule has 0 amide bonds. The summed E-state index contributed by atoms with van der Waals surface area (Å²) in [6.07, 6.45) is 3.48. The Morgan fingerprint density at radius 1 is 1.04 bits per heavy atom. The van der Waals surface area contributed by atoms with E-state index in [1.807, 2.05) is 41.0 Å². The van der Waals surface area contributed by atoms with E-state index in [0.717, 1.165) is 22.6 Å². The Balaban J connectivity index is 1.48. The number of fused-ring (bicyclic) bond motifs is 2. The molecule has 4 aromatic rings. The summed E-state index contributed by atoms with van der Waals surface area (Å²) in [6.45, 7) is 2.32. The standard InChI is InChI=1S/C20H17N5O2/c1-13(14-5-3-2-4-6-14)23-20-21-8-7-19(24-20)25-11-22-15-9-17-18(10-16(15)25)27-12-26-17/h2-11,13H,12H2,1H3,(H,21,23,24)/t13-/m0/s1. The molecule has 2 aromatic carbocycles. The van der Waals surface area contributed by atoms with Crippen LogP contribution in [0.3, 0.4) is 0 Å². The van der Waals surface area contributed by atoms with Crippen molar-refractivity contribution in [3.8, 4) is 17.3 Å². The van der Waals surface area contributed by atoms with Crippen LogP contribution in [0.2, 0.25) is 0 Å². The second-order valence-corrected chi connectivity index (χ2v) is 6.32. The first kappa shape index (κ1) is 15.6. The van der Waals surface area contributed by atoms with Gasteiger partial charge in [0, 0.05) is 18.3 Å². The molecule has 7 nitrogen and oxygen atoms in total. The second kappa shape index (κ2) is 6.28. The van der Waals surface area contributed by atoms with Crippen molar-refractivity contribution >= 4 is 17.0 Å². The Morgan fingerprint density at radius 3 is 2.70 bits per heavy atom. The van der Waals surface area contributed by atoms with Crippen molar-refractivity contribution in [1.82, 2.24) is 19.5 Å². The lowest BCUT2D eigenvalue weighted by molar-refractivity contribution is 0.174. The van der Waals surface area contributed by atoms with E-state index in [1.165, 1.54) is 5.56 Å². The van der Waals surface area contributed by atoms with Gasteiger partial charge in [-0.2, -0.15) is 4.98 Å². The first-order valence-electron chi connectivity index (χ1n) is 8.69. The third-order valence-electron chi connectivity index (χ3n) is 4.57. The zero-order valence-corrected chi connectivity index (χ0v) is 14.7. The molecule has 1 aliphatic rings. The molecule has 0 saturated heterocycles. The fourth-order valence-electron chi connectivity index (χ4n) is 3.15. The van der Waals surface area contributed by atoms with E-state index >= 15 is 0 Å². The van der Waals surface area contributed by atoms with E-state index in [1.54, 1.807) is 12.5 Å². The van der Waals surface area contributed by atoms with Crippen LogP contribution in [0.5, 0.6) is 11.5 Å². The summed E-state index contributed by atoms with van der Waals surface area (Å²) in [5.41, 5.74) is 2.90. The highest BCUT2D eigenvalue weighted by molar-refractivity contribution is 5.81. The van der Waals surface area contributed by atoms with Gasteiger partial charge in [0.15, 0.2) is 11.5 Å². The van der Waals surface area contributed by atoms with Crippen LogP contribution in [0.1, 0.15) is 18.5 Å². The van der Waals surface area contributed by atoms with Gasteiger partial charge in [-0.15, -0.1) is 0 Å². The summed E-state index contributed by atoms with van der Waals surface area (Å²) in [7, 11) is 0. The van der Waals surface area contributed by atoms with Crippen LogP contribution >= 0.6 is 0 Å². The fraction of sp³-hybridized carbons (Fsp3) is 0.150. The van der Waals surface area contributed by atoms with E-state index in [-0.39, 0.29) is 12.8 Å². The third kappa shape index (κ3) is 2.83. The number of rotatable bonds is 4. The van der Waals surface area contributed by atoms with Crippen LogP contribution in [0.15, 0.2) is 61.1 Å². The summed E-state index contributed by atoms with van der Waals surface area (Å²) >= 11 is 0. The molecular formula is C20H17N5O2. The Bertz CT molecular complexity index is 1110. The smallest absolute Gasteiger partial charge is 0.231 e. The van der Waals surface area contributed by atoms with Crippen LogP contribution in [-0.2, 0) is 0 Å². The Kier molecular flexibility index (Phi) is 3.64. The highest BCUT2D eigenvalue weighted by Gasteiger charge is 2.17. The van der Waals surface area contributed by atoms with E-state index < -0.39 is 0 Å². The normalized spacial score (nSPS) is 13.7. The molecule has 7 heteroatoms. The average Bonchev–Trinajstić information content (AvgIpc) is 3.33. The maximum atomic E-state index is 5.48. The largest absolute Gasteiger partial charge is 0.454 e. The topological polar surface area (TPSA) is 74.1 Å². The average molecular weight is 359 g/mol. The van der Waals surface area contributed by atoms with Gasteiger partial charge in [0.25, 0.3) is 0 Å². The first-order chi connectivity index (χ1) is 13.3. The van der Waals surface area contributed by atoms with E-state index in [2.05, 4.69) is 39.3 Å². The Labute approximate surface area is 155 Å². The molecule has 1 atom stereocenters. The van der Waals surface area contributed by atoms with E-state index in [9.17, 15) is 0 Å². The summed E-state index contributed by atoms with van der Waals surface area (Å²) in [4.78, 5) is 13.5. The lowest BCUT2D eigenvalue weighted by atomic mass is 10.1. The van der Waals surface area contributed by atoms with Crippen molar-refractivity contribution in [2.75, 3.05) is 12.1 Å². The number of ether oxygens (including phenoxy) is 2. The molecule has 2 aromatic heterocycles. The molecule has 1 aliphatic heterocycles. The van der Waals surface area contributed by atoms with E-state index in [0.29, 0.717) is 11.7 Å². The number of benzene rings is 2. The van der Waals surface area contributed by atoms with Crippen LogP contribution in [0.25, 0.3) is 16.9 Å². The molecule has 0 unspecified atom stereocenters. The lowest BCUT2D eigenvalue weighted by Crippen LogP contribution is -2.10. The Hall–Kier alpha value is -3.61. The minimum Gasteiger partial charge on any atom is -0.454 e. The highest BCUT2D eigenvalue weighted by Crippen LogP contribution is 2.36. The molecule has 0 fully saturated rings. The van der Waals surface area contributed by atoms with E-state index in [4.69, 9.17) is 9.47 Å². The van der Waals surface area contributed by atoms with Crippen molar-refractivity contribution < 1.29 is 9.47 Å². The first-order valence-corrected chi connectivity index (χ1v) is 8.69. The number of aromatic nitrogens is 4. The highest BCUT2D eigenvalue weighted by atomic mass is 16.7. The summed E-state index contributed by atoms with van der Waals surface area (Å²) in [6, 6.07) is 15.9. The molecule has 0 aliphatic carbocycles. The van der Waals surface area contributed by atoms with Gasteiger partial charge in [0.05, 0.1) is 17.1 Å². The van der Waals surface area contributed by atoms with Crippen LogP contribution < -0.4 is 14.8 Å². The number of hydrogen-bond donors (Lipinski definition) is 1. The van der Waals surface area contributed by atoms with Gasteiger partial charge in [-0.25, -0.2) is 9.97 Å². The molecule has 0 bridgehead atoms. The third-order valence-corrected chi connectivity index (χ3v) is 4.57. The maximum absolute atomic E-state index is 5.48. The Morgan fingerprint density at radius 2 is 1.85 bits per heavy atom. The molecule has 27 heavy (non-hydrogen) atoms. The number of imidazole rings is 1. The summed E-state index contributed by atoms with van der Waals surface area (Å²) < 4.78 is 12.8. The molecule has 3 heterocycles. The van der Waals surface area contributed by atoms with Crippen LogP contribution in [0.4, 0.5) is 5.95 Å². The van der Waals surface area contributed by atoms with Crippen molar-refractivity contribution in [3.63, 3.8) is 0 Å². The summed E-state index contributed by atoms with van der Waals surface area (Å²) in [5.74, 6) is 2.73. The quantitative estimate of drug-likeness (QED) is 0.599. The zero-order chi connectivity index (χ0) is 18.2.